The van der Waals surface area contributed by atoms with E-state index in [4.69, 9.17) is 16.3 Å². The summed E-state index contributed by atoms with van der Waals surface area (Å²) in [6, 6.07) is 0.263. The van der Waals surface area contributed by atoms with Crippen LogP contribution >= 0.6 is 11.6 Å². The number of hydrogen-bond acceptors (Lipinski definition) is 5. The van der Waals surface area contributed by atoms with E-state index < -0.39 is 0 Å². The molecule has 2 heterocycles. The van der Waals surface area contributed by atoms with Gasteiger partial charge in [-0.1, -0.05) is 0 Å². The molecule has 2 atom stereocenters. The maximum absolute atomic E-state index is 5.90. The van der Waals surface area contributed by atoms with E-state index in [1.54, 1.807) is 13.3 Å². The van der Waals surface area contributed by atoms with Crippen LogP contribution in [0, 0.1) is 0 Å². The highest BCUT2D eigenvalue weighted by molar-refractivity contribution is 6.28. The lowest BCUT2D eigenvalue weighted by Gasteiger charge is -2.20. The standard InChI is InChI=1S/C11H14ClN5O/c1-18-8-4-2-3-7(8)14-9-6-5-13-17-10(6)16-11(12)15-9/h5,7-8H,2-4H2,1H3,(H2,13,14,15,16,17). The molecule has 3 rings (SSSR count). The van der Waals surface area contributed by atoms with Crippen molar-refractivity contribution in [3.8, 4) is 0 Å². The van der Waals surface area contributed by atoms with E-state index in [0.29, 0.717) is 11.5 Å². The molecule has 0 amide bonds. The molecule has 0 spiro atoms. The minimum absolute atomic E-state index is 0.209. The van der Waals surface area contributed by atoms with Gasteiger partial charge in [0, 0.05) is 7.11 Å². The number of aromatic nitrogens is 4. The molecule has 18 heavy (non-hydrogen) atoms. The molecular weight excluding hydrogens is 254 g/mol. The lowest BCUT2D eigenvalue weighted by atomic mass is 10.2. The van der Waals surface area contributed by atoms with Crippen molar-refractivity contribution in [1.29, 1.82) is 0 Å². The predicted molar refractivity (Wildman–Crippen MR) is 68.8 cm³/mol. The summed E-state index contributed by atoms with van der Waals surface area (Å²) in [7, 11) is 1.74. The van der Waals surface area contributed by atoms with Gasteiger partial charge in [-0.05, 0) is 30.9 Å². The number of halogens is 1. The number of methoxy groups -OCH3 is 1. The fourth-order valence-corrected chi connectivity index (χ4v) is 2.64. The van der Waals surface area contributed by atoms with Crippen LogP contribution in [0.4, 0.5) is 5.82 Å². The van der Waals surface area contributed by atoms with Gasteiger partial charge in [-0.25, -0.2) is 0 Å². The Balaban J connectivity index is 1.92. The quantitative estimate of drug-likeness (QED) is 0.832. The van der Waals surface area contributed by atoms with Crippen LogP contribution in [0.5, 0.6) is 0 Å². The molecule has 0 aliphatic heterocycles. The van der Waals surface area contributed by atoms with Gasteiger partial charge < -0.3 is 10.1 Å². The van der Waals surface area contributed by atoms with Crippen LogP contribution in [0.1, 0.15) is 19.3 Å². The molecule has 7 heteroatoms. The van der Waals surface area contributed by atoms with E-state index in [9.17, 15) is 0 Å². The van der Waals surface area contributed by atoms with Crippen molar-refractivity contribution in [1.82, 2.24) is 20.2 Å². The first-order valence-corrected chi connectivity index (χ1v) is 6.31. The molecule has 0 bridgehead atoms. The van der Waals surface area contributed by atoms with Crippen molar-refractivity contribution in [2.75, 3.05) is 12.4 Å². The zero-order valence-electron chi connectivity index (χ0n) is 9.98. The molecular formula is C11H14ClN5O. The van der Waals surface area contributed by atoms with Crippen molar-refractivity contribution in [3.63, 3.8) is 0 Å². The molecule has 0 saturated heterocycles. The maximum atomic E-state index is 5.90. The van der Waals surface area contributed by atoms with Gasteiger partial charge >= 0.3 is 0 Å². The van der Waals surface area contributed by atoms with Crippen LogP contribution < -0.4 is 5.32 Å². The Kier molecular flexibility index (Phi) is 3.05. The lowest BCUT2D eigenvalue weighted by molar-refractivity contribution is 0.101. The van der Waals surface area contributed by atoms with Crippen molar-refractivity contribution < 1.29 is 4.74 Å². The molecule has 1 aliphatic carbocycles. The summed E-state index contributed by atoms with van der Waals surface area (Å²) in [4.78, 5) is 8.31. The SMILES string of the molecule is COC1CCCC1Nc1nc(Cl)nc2[nH]ncc12. The first kappa shape index (κ1) is 11.7. The number of nitrogens with zero attached hydrogens (tertiary/aromatic N) is 3. The molecule has 2 aromatic rings. The zero-order chi connectivity index (χ0) is 12.5. The minimum atomic E-state index is 0.209. The van der Waals surface area contributed by atoms with Crippen LogP contribution in [-0.4, -0.2) is 39.4 Å². The number of rotatable bonds is 3. The van der Waals surface area contributed by atoms with Gasteiger partial charge in [0.05, 0.1) is 23.7 Å². The van der Waals surface area contributed by atoms with E-state index >= 15 is 0 Å². The summed E-state index contributed by atoms with van der Waals surface area (Å²) >= 11 is 5.90. The zero-order valence-corrected chi connectivity index (χ0v) is 10.7. The highest BCUT2D eigenvalue weighted by Gasteiger charge is 2.28. The molecule has 2 N–H and O–H groups in total. The highest BCUT2D eigenvalue weighted by Crippen LogP contribution is 2.27. The van der Waals surface area contributed by atoms with Gasteiger partial charge in [0.25, 0.3) is 0 Å². The monoisotopic (exact) mass is 267 g/mol. The number of ether oxygens (including phenoxy) is 1. The van der Waals surface area contributed by atoms with Crippen LogP contribution in [0.25, 0.3) is 11.0 Å². The second-order valence-electron chi connectivity index (χ2n) is 4.43. The van der Waals surface area contributed by atoms with E-state index in [0.717, 1.165) is 24.6 Å². The smallest absolute Gasteiger partial charge is 0.226 e. The molecule has 1 aliphatic rings. The number of H-pyrrole nitrogens is 1. The fraction of sp³-hybridized carbons (Fsp3) is 0.545. The average Bonchev–Trinajstić information content (AvgIpc) is 2.96. The molecule has 0 radical (unpaired) electrons. The Morgan fingerprint density at radius 2 is 2.33 bits per heavy atom. The Labute approximate surface area is 109 Å². The Morgan fingerprint density at radius 3 is 3.17 bits per heavy atom. The van der Waals surface area contributed by atoms with Crippen molar-refractivity contribution in [3.05, 3.63) is 11.5 Å². The molecule has 0 aromatic carbocycles. The van der Waals surface area contributed by atoms with E-state index in [1.165, 1.54) is 0 Å². The number of anilines is 1. The van der Waals surface area contributed by atoms with E-state index in [2.05, 4.69) is 25.5 Å². The molecule has 6 nitrogen and oxygen atoms in total. The Morgan fingerprint density at radius 1 is 1.44 bits per heavy atom. The van der Waals surface area contributed by atoms with Crippen molar-refractivity contribution in [2.24, 2.45) is 0 Å². The topological polar surface area (TPSA) is 75.7 Å². The minimum Gasteiger partial charge on any atom is -0.379 e. The molecule has 2 unspecified atom stereocenters. The highest BCUT2D eigenvalue weighted by atomic mass is 35.5. The van der Waals surface area contributed by atoms with Gasteiger partial charge in [0.15, 0.2) is 5.65 Å². The Bertz CT molecular complexity index is 557. The number of fused-ring (bicyclic) bond motifs is 1. The number of hydrogen-bond donors (Lipinski definition) is 2. The Hall–Kier alpha value is -1.40. The molecule has 2 aromatic heterocycles. The first-order valence-electron chi connectivity index (χ1n) is 5.94. The summed E-state index contributed by atoms with van der Waals surface area (Å²) in [5.41, 5.74) is 0.643. The van der Waals surface area contributed by atoms with Gasteiger partial charge in [0.2, 0.25) is 5.28 Å². The second kappa shape index (κ2) is 4.70. The maximum Gasteiger partial charge on any atom is 0.226 e. The van der Waals surface area contributed by atoms with Crippen molar-refractivity contribution in [2.45, 2.75) is 31.4 Å². The molecule has 96 valence electrons. The summed E-state index contributed by atoms with van der Waals surface area (Å²) in [6.45, 7) is 0. The van der Waals surface area contributed by atoms with E-state index in [1.807, 2.05) is 0 Å². The van der Waals surface area contributed by atoms with Crippen LogP contribution in [-0.2, 0) is 4.74 Å². The van der Waals surface area contributed by atoms with Crippen molar-refractivity contribution >= 4 is 28.5 Å². The van der Waals surface area contributed by atoms with Gasteiger partial charge in [0.1, 0.15) is 5.82 Å². The van der Waals surface area contributed by atoms with Crippen LogP contribution in [0.3, 0.4) is 0 Å². The van der Waals surface area contributed by atoms with Crippen LogP contribution in [0.2, 0.25) is 5.28 Å². The molecule has 1 saturated carbocycles. The second-order valence-corrected chi connectivity index (χ2v) is 4.77. The van der Waals surface area contributed by atoms with Gasteiger partial charge in [-0.3, -0.25) is 5.10 Å². The third-order valence-corrected chi connectivity index (χ3v) is 3.53. The van der Waals surface area contributed by atoms with Gasteiger partial charge in [-0.2, -0.15) is 15.1 Å². The third-order valence-electron chi connectivity index (χ3n) is 3.36. The third kappa shape index (κ3) is 2.02. The number of nitrogens with one attached hydrogen (secondary N) is 2. The summed E-state index contributed by atoms with van der Waals surface area (Å²) in [6.07, 6.45) is 5.22. The predicted octanol–water partition coefficient (Wildman–Crippen LogP) is 1.99. The average molecular weight is 268 g/mol. The first-order chi connectivity index (χ1) is 8.78. The molecule has 1 fully saturated rings. The van der Waals surface area contributed by atoms with E-state index in [-0.39, 0.29) is 17.4 Å². The lowest BCUT2D eigenvalue weighted by Crippen LogP contribution is -2.30. The summed E-state index contributed by atoms with van der Waals surface area (Å²) < 4.78 is 5.46. The largest absolute Gasteiger partial charge is 0.379 e. The normalized spacial score (nSPS) is 23.7. The number of aromatic amines is 1. The summed E-state index contributed by atoms with van der Waals surface area (Å²) in [5, 5.41) is 11.2. The van der Waals surface area contributed by atoms with Gasteiger partial charge in [-0.15, -0.1) is 0 Å². The summed E-state index contributed by atoms with van der Waals surface area (Å²) in [5.74, 6) is 0.715. The fourth-order valence-electron chi connectivity index (χ4n) is 2.47. The van der Waals surface area contributed by atoms with Crippen LogP contribution in [0.15, 0.2) is 6.20 Å².